The first-order chi connectivity index (χ1) is 30.4. The standard InChI is InChI=1S/C46H55N13O4/c1-28-22-31(6-9-34(28)29(2)51-42(61)43-54-44(55-63-43)46(3,4)5)40-35-23-36(52-41(35)50-27-49-40)32-7-10-37(47-24-32)57-15-12-30(13-16-57)26-56-18-20-58(21-19-56)38-11-8-33(25-48-38)59-17-14-39(60)53-45(59)62/h6-11,22-25,27,29-30,42,51,61H,12-21,26H2,1-5H3,(H,49,50,52)(H,53,60,62)/t29-,42?/m1/s1. The molecule has 5 aromatic heterocycles. The number of nitrogens with zero attached hydrogens (tertiary/aromatic N) is 10. The lowest BCUT2D eigenvalue weighted by atomic mass is 9.96. The van der Waals surface area contributed by atoms with Crippen molar-refractivity contribution in [2.45, 2.75) is 71.6 Å². The van der Waals surface area contributed by atoms with Gasteiger partial charge < -0.3 is 24.4 Å². The number of aromatic amines is 1. The lowest BCUT2D eigenvalue weighted by molar-refractivity contribution is -0.120. The van der Waals surface area contributed by atoms with Crippen molar-refractivity contribution in [2.24, 2.45) is 5.92 Å². The molecular formula is C46H55N13O4. The number of hydrogen-bond donors (Lipinski definition) is 4. The molecule has 0 spiro atoms. The lowest BCUT2D eigenvalue weighted by Crippen LogP contribution is -2.50. The van der Waals surface area contributed by atoms with Crippen molar-refractivity contribution in [3.8, 4) is 22.5 Å². The molecule has 3 fully saturated rings. The SMILES string of the molecule is Cc1cc(-c2ncnc3[nH]c(-c4ccc(N5CCC(CN6CCN(c7ccc(N8CCC(=O)NC8=O)cn7)CC6)CC5)nc4)cc23)ccc1[C@@H](C)NC(O)c1nc(C(C)(C)C)no1. The van der Waals surface area contributed by atoms with E-state index in [9.17, 15) is 14.7 Å². The van der Waals surface area contributed by atoms with E-state index in [1.54, 1.807) is 17.4 Å². The topological polar surface area (TPSA) is 198 Å². The molecule has 3 amide bonds. The predicted molar refractivity (Wildman–Crippen MR) is 240 cm³/mol. The third-order valence-electron chi connectivity index (χ3n) is 12.5. The average molecular weight is 854 g/mol. The van der Waals surface area contributed by atoms with Crippen LogP contribution in [0.3, 0.4) is 0 Å². The molecule has 0 saturated carbocycles. The zero-order chi connectivity index (χ0) is 43.8. The van der Waals surface area contributed by atoms with E-state index in [0.717, 1.165) is 115 Å². The second-order valence-electron chi connectivity index (χ2n) is 18.0. The number of amides is 3. The number of urea groups is 1. The molecule has 2 atom stereocenters. The minimum atomic E-state index is -1.10. The van der Waals surface area contributed by atoms with Gasteiger partial charge in [-0.15, -0.1) is 0 Å². The van der Waals surface area contributed by atoms with Crippen LogP contribution in [0.1, 0.15) is 82.1 Å². The Morgan fingerprint density at radius 3 is 2.27 bits per heavy atom. The van der Waals surface area contributed by atoms with Crippen LogP contribution in [-0.4, -0.2) is 109 Å². The van der Waals surface area contributed by atoms with Crippen LogP contribution in [0.4, 0.5) is 22.1 Å². The number of pyridine rings is 2. The van der Waals surface area contributed by atoms with Crippen molar-refractivity contribution in [1.82, 2.24) is 50.6 Å². The average Bonchev–Trinajstić information content (AvgIpc) is 3.97. The Morgan fingerprint density at radius 1 is 0.873 bits per heavy atom. The minimum absolute atomic E-state index is 0.143. The Morgan fingerprint density at radius 2 is 1.60 bits per heavy atom. The van der Waals surface area contributed by atoms with E-state index in [-0.39, 0.29) is 23.3 Å². The van der Waals surface area contributed by atoms with Gasteiger partial charge in [0.15, 0.2) is 12.1 Å². The Balaban J connectivity index is 0.767. The summed E-state index contributed by atoms with van der Waals surface area (Å²) < 4.78 is 5.35. The number of nitrogens with one attached hydrogen (secondary N) is 3. The fourth-order valence-corrected chi connectivity index (χ4v) is 8.82. The normalized spacial score (nSPS) is 18.0. The summed E-state index contributed by atoms with van der Waals surface area (Å²) in [5.41, 5.74) is 6.97. The number of benzene rings is 1. The predicted octanol–water partition coefficient (Wildman–Crippen LogP) is 5.90. The number of carbonyl (C=O) groups is 2. The molecule has 1 unspecified atom stereocenters. The van der Waals surface area contributed by atoms with E-state index in [2.05, 4.69) is 93.7 Å². The van der Waals surface area contributed by atoms with Crippen molar-refractivity contribution in [2.75, 3.05) is 67.1 Å². The van der Waals surface area contributed by atoms with Crippen molar-refractivity contribution >= 4 is 40.3 Å². The molecule has 0 bridgehead atoms. The second-order valence-corrected chi connectivity index (χ2v) is 18.0. The van der Waals surface area contributed by atoms with Crippen molar-refractivity contribution in [3.63, 3.8) is 0 Å². The van der Waals surface area contributed by atoms with Gasteiger partial charge in [0.2, 0.25) is 5.91 Å². The third-order valence-corrected chi connectivity index (χ3v) is 12.5. The van der Waals surface area contributed by atoms with E-state index >= 15 is 0 Å². The van der Waals surface area contributed by atoms with Gasteiger partial charge >= 0.3 is 6.03 Å². The molecule has 0 aliphatic carbocycles. The highest BCUT2D eigenvalue weighted by Gasteiger charge is 2.28. The van der Waals surface area contributed by atoms with Crippen LogP contribution in [-0.2, 0) is 10.2 Å². The van der Waals surface area contributed by atoms with Crippen LogP contribution in [0.25, 0.3) is 33.5 Å². The molecule has 9 rings (SSSR count). The molecule has 8 heterocycles. The molecule has 63 heavy (non-hydrogen) atoms. The maximum atomic E-state index is 12.2. The molecule has 3 saturated heterocycles. The fourth-order valence-electron chi connectivity index (χ4n) is 8.82. The highest BCUT2D eigenvalue weighted by molar-refractivity contribution is 6.05. The van der Waals surface area contributed by atoms with Crippen LogP contribution in [0.15, 0.2) is 71.8 Å². The second kappa shape index (κ2) is 17.5. The maximum Gasteiger partial charge on any atom is 0.328 e. The fraction of sp³-hybridized carbons (Fsp3) is 0.435. The number of aromatic nitrogens is 7. The van der Waals surface area contributed by atoms with Gasteiger partial charge in [-0.2, -0.15) is 4.98 Å². The molecule has 6 aromatic rings. The minimum Gasteiger partial charge on any atom is -0.370 e. The van der Waals surface area contributed by atoms with Crippen LogP contribution >= 0.6 is 0 Å². The third kappa shape index (κ3) is 9.12. The number of H-pyrrole nitrogens is 1. The molecule has 3 aliphatic heterocycles. The van der Waals surface area contributed by atoms with Gasteiger partial charge in [0.05, 0.1) is 17.6 Å². The van der Waals surface area contributed by atoms with Crippen LogP contribution in [0, 0.1) is 12.8 Å². The van der Waals surface area contributed by atoms with Crippen LogP contribution in [0.5, 0.6) is 0 Å². The quantitative estimate of drug-likeness (QED) is 0.112. The van der Waals surface area contributed by atoms with Crippen molar-refractivity contribution < 1.29 is 19.2 Å². The van der Waals surface area contributed by atoms with Gasteiger partial charge in [-0.05, 0) is 80.1 Å². The number of piperazine rings is 1. The Kier molecular flexibility index (Phi) is 11.6. The van der Waals surface area contributed by atoms with E-state index < -0.39 is 12.3 Å². The Bertz CT molecular complexity index is 2570. The monoisotopic (exact) mass is 853 g/mol. The molecule has 328 valence electrons. The van der Waals surface area contributed by atoms with Gasteiger partial charge in [0, 0.05) is 98.6 Å². The van der Waals surface area contributed by atoms with Crippen molar-refractivity contribution in [1.29, 1.82) is 0 Å². The van der Waals surface area contributed by atoms with Crippen LogP contribution in [0.2, 0.25) is 0 Å². The molecule has 3 aliphatic rings. The number of aryl methyl sites for hydroxylation is 1. The number of imide groups is 1. The lowest BCUT2D eigenvalue weighted by Gasteiger charge is -2.39. The number of rotatable bonds is 11. The van der Waals surface area contributed by atoms with E-state index in [1.165, 1.54) is 0 Å². The number of hydrogen-bond acceptors (Lipinski definition) is 14. The summed E-state index contributed by atoms with van der Waals surface area (Å²) in [4.78, 5) is 59.3. The summed E-state index contributed by atoms with van der Waals surface area (Å²) in [6, 6.07) is 15.9. The molecule has 1 aromatic carbocycles. The van der Waals surface area contributed by atoms with E-state index in [0.29, 0.717) is 30.4 Å². The molecular weight excluding hydrogens is 799 g/mol. The van der Waals surface area contributed by atoms with Gasteiger partial charge in [-0.3, -0.25) is 25.2 Å². The highest BCUT2D eigenvalue weighted by Crippen LogP contribution is 2.33. The number of carbonyl (C=O) groups excluding carboxylic acids is 2. The summed E-state index contributed by atoms with van der Waals surface area (Å²) in [7, 11) is 0. The smallest absolute Gasteiger partial charge is 0.328 e. The maximum absolute atomic E-state index is 12.2. The molecule has 17 nitrogen and oxygen atoms in total. The first-order valence-electron chi connectivity index (χ1n) is 21.8. The summed E-state index contributed by atoms with van der Waals surface area (Å²) in [6.07, 6.45) is 6.70. The Hall–Kier alpha value is -6.30. The Labute approximate surface area is 366 Å². The zero-order valence-electron chi connectivity index (χ0n) is 36.5. The highest BCUT2D eigenvalue weighted by atomic mass is 16.5. The number of piperidine rings is 1. The summed E-state index contributed by atoms with van der Waals surface area (Å²) in [6.45, 7) is 17.3. The zero-order valence-corrected chi connectivity index (χ0v) is 36.5. The van der Waals surface area contributed by atoms with E-state index in [1.807, 2.05) is 46.0 Å². The molecule has 4 N–H and O–H groups in total. The number of fused-ring (bicyclic) bond motifs is 1. The first-order valence-corrected chi connectivity index (χ1v) is 21.8. The summed E-state index contributed by atoms with van der Waals surface area (Å²) in [5, 5.41) is 21.3. The van der Waals surface area contributed by atoms with Gasteiger partial charge in [-0.1, -0.05) is 38.1 Å². The van der Waals surface area contributed by atoms with E-state index in [4.69, 9.17) is 14.5 Å². The largest absolute Gasteiger partial charge is 0.370 e. The summed E-state index contributed by atoms with van der Waals surface area (Å²) in [5.74, 6) is 3.00. The van der Waals surface area contributed by atoms with Gasteiger partial charge in [0.25, 0.3) is 5.89 Å². The molecule has 17 heteroatoms. The van der Waals surface area contributed by atoms with Crippen LogP contribution < -0.4 is 25.3 Å². The van der Waals surface area contributed by atoms with Gasteiger partial charge in [0.1, 0.15) is 23.6 Å². The number of aliphatic hydroxyl groups excluding tert-OH is 1. The first kappa shape index (κ1) is 42.0. The number of aliphatic hydroxyl groups is 1. The van der Waals surface area contributed by atoms with Crippen molar-refractivity contribution in [3.05, 3.63) is 90.1 Å². The summed E-state index contributed by atoms with van der Waals surface area (Å²) >= 11 is 0. The van der Waals surface area contributed by atoms with Gasteiger partial charge in [-0.25, -0.2) is 24.7 Å². The number of anilines is 3. The molecule has 0 radical (unpaired) electrons.